The van der Waals surface area contributed by atoms with Gasteiger partial charge in [0, 0.05) is 27.5 Å². The maximum atomic E-state index is 12.6. The summed E-state index contributed by atoms with van der Waals surface area (Å²) < 4.78 is 10.7. The molecule has 5 rings (SSSR count). The largest absolute Gasteiger partial charge is 0.454 e. The molecule has 0 fully saturated rings. The van der Waals surface area contributed by atoms with E-state index in [1.807, 2.05) is 36.4 Å². The Kier molecular flexibility index (Phi) is 5.44. The summed E-state index contributed by atoms with van der Waals surface area (Å²) in [5, 5.41) is 4.77. The van der Waals surface area contributed by atoms with Gasteiger partial charge in [0.05, 0.1) is 11.3 Å². The summed E-state index contributed by atoms with van der Waals surface area (Å²) in [6.45, 7) is 0.706. The molecule has 3 aromatic rings. The van der Waals surface area contributed by atoms with Crippen molar-refractivity contribution >= 4 is 40.2 Å². The minimum atomic E-state index is 0.00107. The van der Waals surface area contributed by atoms with Crippen molar-refractivity contribution in [2.45, 2.75) is 37.1 Å². The van der Waals surface area contributed by atoms with Crippen molar-refractivity contribution in [3.8, 4) is 11.5 Å². The maximum Gasteiger partial charge on any atom is 0.231 e. The van der Waals surface area contributed by atoms with Gasteiger partial charge in [0.1, 0.15) is 0 Å². The van der Waals surface area contributed by atoms with Crippen molar-refractivity contribution in [3.63, 3.8) is 0 Å². The zero-order chi connectivity index (χ0) is 20.5. The van der Waals surface area contributed by atoms with Crippen molar-refractivity contribution in [2.75, 3.05) is 12.5 Å². The molecule has 2 aliphatic rings. The number of carbonyl (C=O) groups excluding carboxylic acids is 1. The second kappa shape index (κ2) is 8.36. The van der Waals surface area contributed by atoms with Crippen LogP contribution in [0.2, 0.25) is 5.02 Å². The molecular weight excluding hydrogens is 420 g/mol. The summed E-state index contributed by atoms with van der Waals surface area (Å²) in [5.41, 5.74) is 4.34. The van der Waals surface area contributed by atoms with Crippen LogP contribution in [0.15, 0.2) is 41.3 Å². The third-order valence-electron chi connectivity index (χ3n) is 5.45. The lowest BCUT2D eigenvalue weighted by Crippen LogP contribution is -2.24. The molecule has 1 aliphatic carbocycles. The molecule has 0 saturated carbocycles. The molecular formula is C23H21ClN2O3S. The van der Waals surface area contributed by atoms with Gasteiger partial charge in [-0.25, -0.2) is 0 Å². The SMILES string of the molecule is O=C(CSc1c2c(nc3cc(Cl)ccc13)CCCC2)NCc1ccc2c(c1)OCO2. The van der Waals surface area contributed by atoms with E-state index in [-0.39, 0.29) is 12.7 Å². The first kappa shape index (κ1) is 19.5. The highest BCUT2D eigenvalue weighted by Crippen LogP contribution is 2.37. The van der Waals surface area contributed by atoms with Gasteiger partial charge in [0.25, 0.3) is 0 Å². The molecule has 0 radical (unpaired) electrons. The van der Waals surface area contributed by atoms with Gasteiger partial charge in [-0.05, 0) is 61.1 Å². The van der Waals surface area contributed by atoms with E-state index in [0.29, 0.717) is 17.3 Å². The topological polar surface area (TPSA) is 60.5 Å². The van der Waals surface area contributed by atoms with Crippen LogP contribution in [0.3, 0.4) is 0 Å². The zero-order valence-corrected chi connectivity index (χ0v) is 17.9. The molecule has 1 aromatic heterocycles. The molecule has 0 bridgehead atoms. The highest BCUT2D eigenvalue weighted by Gasteiger charge is 2.20. The minimum absolute atomic E-state index is 0.00107. The summed E-state index contributed by atoms with van der Waals surface area (Å²) in [5.74, 6) is 1.83. The summed E-state index contributed by atoms with van der Waals surface area (Å²) >= 11 is 7.78. The molecule has 5 nitrogen and oxygen atoms in total. The van der Waals surface area contributed by atoms with E-state index < -0.39 is 0 Å². The second-order valence-corrected chi connectivity index (χ2v) is 8.91. The molecule has 154 valence electrons. The van der Waals surface area contributed by atoms with E-state index in [2.05, 4.69) is 5.32 Å². The number of halogens is 1. The Labute approximate surface area is 184 Å². The van der Waals surface area contributed by atoms with Crippen molar-refractivity contribution < 1.29 is 14.3 Å². The smallest absolute Gasteiger partial charge is 0.231 e. The fourth-order valence-corrected chi connectivity index (χ4v) is 5.23. The van der Waals surface area contributed by atoms with Crippen LogP contribution in [-0.2, 0) is 24.2 Å². The Hall–Kier alpha value is -2.44. The molecule has 7 heteroatoms. The monoisotopic (exact) mass is 440 g/mol. The summed E-state index contributed by atoms with van der Waals surface area (Å²) in [4.78, 5) is 18.6. The molecule has 1 N–H and O–H groups in total. The average molecular weight is 441 g/mol. The molecule has 1 aliphatic heterocycles. The lowest BCUT2D eigenvalue weighted by Gasteiger charge is -2.20. The maximum absolute atomic E-state index is 12.6. The lowest BCUT2D eigenvalue weighted by molar-refractivity contribution is -0.118. The second-order valence-electron chi connectivity index (χ2n) is 7.49. The fourth-order valence-electron chi connectivity index (χ4n) is 3.96. The standard InChI is InChI=1S/C23H21ClN2O3S/c24-15-6-7-17-19(10-15)26-18-4-2-1-3-16(18)23(17)30-12-22(27)25-11-14-5-8-20-21(9-14)29-13-28-20/h5-10H,1-4,11-13H2,(H,25,27). The van der Waals surface area contributed by atoms with Gasteiger partial charge in [-0.15, -0.1) is 11.8 Å². The number of pyridine rings is 1. The average Bonchev–Trinajstić information content (AvgIpc) is 3.23. The number of rotatable bonds is 5. The van der Waals surface area contributed by atoms with Crippen molar-refractivity contribution in [1.29, 1.82) is 0 Å². The number of carbonyl (C=O) groups is 1. The number of aryl methyl sites for hydroxylation is 1. The highest BCUT2D eigenvalue weighted by molar-refractivity contribution is 8.00. The van der Waals surface area contributed by atoms with E-state index in [1.165, 1.54) is 10.5 Å². The number of nitrogens with zero attached hydrogens (tertiary/aromatic N) is 1. The third-order valence-corrected chi connectivity index (χ3v) is 6.84. The van der Waals surface area contributed by atoms with Gasteiger partial charge in [-0.3, -0.25) is 9.78 Å². The van der Waals surface area contributed by atoms with Gasteiger partial charge in [0.15, 0.2) is 11.5 Å². The number of thioether (sulfide) groups is 1. The Balaban J connectivity index is 1.30. The van der Waals surface area contributed by atoms with Crippen LogP contribution in [0.4, 0.5) is 0 Å². The number of aromatic nitrogens is 1. The van der Waals surface area contributed by atoms with Gasteiger partial charge in [-0.2, -0.15) is 0 Å². The molecule has 0 spiro atoms. The lowest BCUT2D eigenvalue weighted by atomic mass is 9.94. The Morgan fingerprint density at radius 1 is 1.10 bits per heavy atom. The van der Waals surface area contributed by atoms with E-state index in [4.69, 9.17) is 26.1 Å². The number of amides is 1. The summed E-state index contributed by atoms with van der Waals surface area (Å²) in [7, 11) is 0. The van der Waals surface area contributed by atoms with Crippen LogP contribution < -0.4 is 14.8 Å². The van der Waals surface area contributed by atoms with Gasteiger partial charge in [-0.1, -0.05) is 23.7 Å². The van der Waals surface area contributed by atoms with Gasteiger partial charge in [0.2, 0.25) is 12.7 Å². The predicted molar refractivity (Wildman–Crippen MR) is 119 cm³/mol. The van der Waals surface area contributed by atoms with E-state index in [0.717, 1.165) is 59.3 Å². The number of fused-ring (bicyclic) bond motifs is 3. The van der Waals surface area contributed by atoms with E-state index >= 15 is 0 Å². The molecule has 0 atom stereocenters. The van der Waals surface area contributed by atoms with Crippen LogP contribution >= 0.6 is 23.4 Å². The third kappa shape index (κ3) is 3.94. The quantitative estimate of drug-likeness (QED) is 0.571. The Bertz CT molecular complexity index is 1140. The number of benzene rings is 2. The number of hydrogen-bond acceptors (Lipinski definition) is 5. The van der Waals surface area contributed by atoms with Crippen LogP contribution in [0.25, 0.3) is 10.9 Å². The van der Waals surface area contributed by atoms with Gasteiger partial charge >= 0.3 is 0 Å². The first-order valence-electron chi connectivity index (χ1n) is 10.1. The zero-order valence-electron chi connectivity index (χ0n) is 16.4. The minimum Gasteiger partial charge on any atom is -0.454 e. The number of hydrogen-bond donors (Lipinski definition) is 1. The molecule has 30 heavy (non-hydrogen) atoms. The van der Waals surface area contributed by atoms with Crippen molar-refractivity contribution in [2.24, 2.45) is 0 Å². The Morgan fingerprint density at radius 3 is 2.90 bits per heavy atom. The van der Waals surface area contributed by atoms with E-state index in [9.17, 15) is 4.79 Å². The number of ether oxygens (including phenoxy) is 2. The molecule has 2 heterocycles. The summed E-state index contributed by atoms with van der Waals surface area (Å²) in [6.07, 6.45) is 4.33. The fraction of sp³-hybridized carbons (Fsp3) is 0.304. The highest BCUT2D eigenvalue weighted by atomic mass is 35.5. The van der Waals surface area contributed by atoms with Crippen molar-refractivity contribution in [1.82, 2.24) is 10.3 Å². The first-order valence-corrected chi connectivity index (χ1v) is 11.4. The molecule has 0 saturated heterocycles. The van der Waals surface area contributed by atoms with Crippen molar-refractivity contribution in [3.05, 3.63) is 58.2 Å². The first-order chi connectivity index (χ1) is 14.7. The van der Waals surface area contributed by atoms with Gasteiger partial charge < -0.3 is 14.8 Å². The molecule has 2 aromatic carbocycles. The van der Waals surface area contributed by atoms with Crippen LogP contribution in [0.1, 0.15) is 29.7 Å². The van der Waals surface area contributed by atoms with Crippen LogP contribution in [0.5, 0.6) is 11.5 Å². The van der Waals surface area contributed by atoms with Crippen LogP contribution in [-0.4, -0.2) is 23.4 Å². The van der Waals surface area contributed by atoms with E-state index in [1.54, 1.807) is 11.8 Å². The predicted octanol–water partition coefficient (Wildman–Crippen LogP) is 4.90. The molecule has 1 amide bonds. The Morgan fingerprint density at radius 2 is 1.97 bits per heavy atom. The number of nitrogens with one attached hydrogen (secondary N) is 1. The normalized spacial score (nSPS) is 14.6. The molecule has 0 unspecified atom stereocenters. The van der Waals surface area contributed by atoms with Crippen LogP contribution in [0, 0.1) is 0 Å². The summed E-state index contributed by atoms with van der Waals surface area (Å²) in [6, 6.07) is 11.6.